The van der Waals surface area contributed by atoms with E-state index in [-0.39, 0.29) is 0 Å². The molecule has 0 aliphatic rings. The molecule has 1 unspecified atom stereocenters. The first-order chi connectivity index (χ1) is 10.3. The van der Waals surface area contributed by atoms with Gasteiger partial charge in [-0.25, -0.2) is 4.98 Å². The highest BCUT2D eigenvalue weighted by Crippen LogP contribution is 2.29. The number of halogens is 1. The number of aromatic nitrogens is 2. The van der Waals surface area contributed by atoms with Gasteiger partial charge in [-0.15, -0.1) is 11.8 Å². The fourth-order valence-electron chi connectivity index (χ4n) is 2.32. The lowest BCUT2D eigenvalue weighted by Gasteiger charge is -2.17. The topological polar surface area (TPSA) is 17.8 Å². The van der Waals surface area contributed by atoms with E-state index in [0.29, 0.717) is 5.25 Å². The summed E-state index contributed by atoms with van der Waals surface area (Å²) in [4.78, 5) is 5.43. The van der Waals surface area contributed by atoms with Crippen molar-refractivity contribution in [2.45, 2.75) is 55.7 Å². The van der Waals surface area contributed by atoms with Crippen LogP contribution in [0.4, 0.5) is 0 Å². The van der Waals surface area contributed by atoms with E-state index in [1.165, 1.54) is 37.0 Å². The van der Waals surface area contributed by atoms with Crippen LogP contribution in [-0.2, 0) is 6.54 Å². The van der Waals surface area contributed by atoms with Crippen LogP contribution in [0, 0.1) is 0 Å². The molecule has 0 bridgehead atoms. The first-order valence-corrected chi connectivity index (χ1v) is 8.91. The Kier molecular flexibility index (Phi) is 7.17. The molecule has 2 rings (SSSR count). The molecular weight excluding hydrogens is 300 g/mol. The third kappa shape index (κ3) is 6.15. The molecule has 0 radical (unpaired) electrons. The lowest BCUT2D eigenvalue weighted by atomic mass is 10.1. The first kappa shape index (κ1) is 16.4. The predicted molar refractivity (Wildman–Crippen MR) is 92.1 cm³/mol. The molecule has 0 fully saturated rings. The highest BCUT2D eigenvalue weighted by Gasteiger charge is 2.11. The summed E-state index contributed by atoms with van der Waals surface area (Å²) in [7, 11) is 0. The molecule has 2 nitrogen and oxygen atoms in total. The molecule has 2 aromatic rings. The second kappa shape index (κ2) is 9.16. The van der Waals surface area contributed by atoms with Crippen LogP contribution in [0.15, 0.2) is 47.9 Å². The van der Waals surface area contributed by atoms with Crippen LogP contribution < -0.4 is 0 Å². The molecule has 1 heterocycles. The number of rotatable bonds is 9. The number of benzene rings is 1. The van der Waals surface area contributed by atoms with Gasteiger partial charge in [0.2, 0.25) is 0 Å². The number of unbranched alkanes of at least 4 members (excludes halogenated alkanes) is 3. The number of hydrogen-bond acceptors (Lipinski definition) is 2. The molecule has 0 aliphatic carbocycles. The van der Waals surface area contributed by atoms with Crippen LogP contribution >= 0.6 is 23.4 Å². The molecule has 0 N–H and O–H groups in total. The van der Waals surface area contributed by atoms with Gasteiger partial charge in [0.05, 0.1) is 6.33 Å². The van der Waals surface area contributed by atoms with Gasteiger partial charge in [-0.05, 0) is 30.7 Å². The summed E-state index contributed by atoms with van der Waals surface area (Å²) >= 11 is 7.91. The molecule has 4 heteroatoms. The van der Waals surface area contributed by atoms with E-state index < -0.39 is 0 Å². The Bertz CT molecular complexity index is 496. The maximum atomic E-state index is 5.96. The Morgan fingerprint density at radius 1 is 1.19 bits per heavy atom. The van der Waals surface area contributed by atoms with E-state index in [1.807, 2.05) is 42.6 Å². The zero-order valence-corrected chi connectivity index (χ0v) is 14.1. The quantitative estimate of drug-likeness (QED) is 0.437. The van der Waals surface area contributed by atoms with Crippen LogP contribution in [0.25, 0.3) is 0 Å². The number of nitrogens with zero attached hydrogens (tertiary/aromatic N) is 2. The minimum atomic E-state index is 0.581. The third-order valence-corrected chi connectivity index (χ3v) is 4.98. The van der Waals surface area contributed by atoms with Gasteiger partial charge in [0.25, 0.3) is 0 Å². The number of hydrogen-bond donors (Lipinski definition) is 0. The van der Waals surface area contributed by atoms with Crippen molar-refractivity contribution in [2.75, 3.05) is 0 Å². The van der Waals surface area contributed by atoms with Gasteiger partial charge in [-0.1, -0.05) is 44.2 Å². The molecule has 0 saturated heterocycles. The Morgan fingerprint density at radius 2 is 2.00 bits per heavy atom. The lowest BCUT2D eigenvalue weighted by Crippen LogP contribution is -2.12. The van der Waals surface area contributed by atoms with E-state index in [4.69, 9.17) is 11.6 Å². The largest absolute Gasteiger partial charge is 0.336 e. The van der Waals surface area contributed by atoms with Gasteiger partial charge in [0.1, 0.15) is 0 Å². The summed E-state index contributed by atoms with van der Waals surface area (Å²) in [6.07, 6.45) is 12.3. The number of imidazole rings is 1. The molecule has 1 atom stereocenters. The van der Waals surface area contributed by atoms with Crippen molar-refractivity contribution < 1.29 is 0 Å². The van der Waals surface area contributed by atoms with Crippen molar-refractivity contribution in [2.24, 2.45) is 0 Å². The van der Waals surface area contributed by atoms with Crippen molar-refractivity contribution in [3.63, 3.8) is 0 Å². The third-order valence-electron chi connectivity index (χ3n) is 3.47. The normalized spacial score (nSPS) is 12.5. The average Bonchev–Trinajstić information content (AvgIpc) is 2.99. The van der Waals surface area contributed by atoms with Gasteiger partial charge in [0.15, 0.2) is 0 Å². The van der Waals surface area contributed by atoms with Gasteiger partial charge in [-0.3, -0.25) is 0 Å². The fraction of sp³-hybridized carbons (Fsp3) is 0.471. The van der Waals surface area contributed by atoms with Crippen molar-refractivity contribution >= 4 is 23.4 Å². The molecule has 0 spiro atoms. The van der Waals surface area contributed by atoms with E-state index in [9.17, 15) is 0 Å². The standard InChI is InChI=1S/C17H23ClN2S/c1-2-3-4-5-6-17(13-20-12-11-19-14-20)21-16-9-7-15(18)8-10-16/h7-12,14,17H,2-6,13H2,1H3. The smallest absolute Gasteiger partial charge is 0.0946 e. The Balaban J connectivity index is 1.91. The summed E-state index contributed by atoms with van der Waals surface area (Å²) in [5.74, 6) is 0. The molecule has 0 aliphatic heterocycles. The number of thioether (sulfide) groups is 1. The molecule has 0 saturated carbocycles. The summed E-state index contributed by atoms with van der Waals surface area (Å²) in [5.41, 5.74) is 0. The predicted octanol–water partition coefficient (Wildman–Crippen LogP) is 5.67. The SMILES string of the molecule is CCCCCCC(Cn1ccnc1)Sc1ccc(Cl)cc1. The van der Waals surface area contributed by atoms with Gasteiger partial charge >= 0.3 is 0 Å². The van der Waals surface area contributed by atoms with Crippen LogP contribution in [-0.4, -0.2) is 14.8 Å². The minimum Gasteiger partial charge on any atom is -0.336 e. The second-order valence-corrected chi connectivity index (χ2v) is 7.11. The van der Waals surface area contributed by atoms with Crippen LogP contribution in [0.5, 0.6) is 0 Å². The second-order valence-electron chi connectivity index (χ2n) is 5.30. The van der Waals surface area contributed by atoms with E-state index in [0.717, 1.165) is 11.6 Å². The zero-order valence-electron chi connectivity index (χ0n) is 12.5. The monoisotopic (exact) mass is 322 g/mol. The van der Waals surface area contributed by atoms with E-state index in [1.54, 1.807) is 0 Å². The summed E-state index contributed by atoms with van der Waals surface area (Å²) < 4.78 is 2.17. The van der Waals surface area contributed by atoms with Crippen molar-refractivity contribution in [1.82, 2.24) is 9.55 Å². The molecule has 1 aromatic carbocycles. The average molecular weight is 323 g/mol. The van der Waals surface area contributed by atoms with E-state index in [2.05, 4.69) is 28.6 Å². The Morgan fingerprint density at radius 3 is 2.67 bits per heavy atom. The summed E-state index contributed by atoms with van der Waals surface area (Å²) in [5, 5.41) is 1.38. The Labute approximate surface area is 136 Å². The molecular formula is C17H23ClN2S. The van der Waals surface area contributed by atoms with Crippen molar-refractivity contribution in [3.05, 3.63) is 48.0 Å². The zero-order chi connectivity index (χ0) is 14.9. The fourth-order valence-corrected chi connectivity index (χ4v) is 3.66. The first-order valence-electron chi connectivity index (χ1n) is 7.66. The molecule has 114 valence electrons. The highest BCUT2D eigenvalue weighted by molar-refractivity contribution is 8.00. The molecule has 21 heavy (non-hydrogen) atoms. The maximum absolute atomic E-state index is 5.96. The van der Waals surface area contributed by atoms with Crippen LogP contribution in [0.1, 0.15) is 39.0 Å². The van der Waals surface area contributed by atoms with Gasteiger partial charge < -0.3 is 4.57 Å². The summed E-state index contributed by atoms with van der Waals surface area (Å²) in [6, 6.07) is 8.16. The maximum Gasteiger partial charge on any atom is 0.0946 e. The minimum absolute atomic E-state index is 0.581. The van der Waals surface area contributed by atoms with Crippen LogP contribution in [0.2, 0.25) is 5.02 Å². The van der Waals surface area contributed by atoms with Gasteiger partial charge in [0, 0.05) is 34.1 Å². The Hall–Kier alpha value is -0.930. The van der Waals surface area contributed by atoms with Crippen molar-refractivity contribution in [1.29, 1.82) is 0 Å². The lowest BCUT2D eigenvalue weighted by molar-refractivity contribution is 0.569. The van der Waals surface area contributed by atoms with E-state index >= 15 is 0 Å². The van der Waals surface area contributed by atoms with Gasteiger partial charge in [-0.2, -0.15) is 0 Å². The van der Waals surface area contributed by atoms with Crippen LogP contribution in [0.3, 0.4) is 0 Å². The summed E-state index contributed by atoms with van der Waals surface area (Å²) in [6.45, 7) is 3.27. The highest BCUT2D eigenvalue weighted by atomic mass is 35.5. The van der Waals surface area contributed by atoms with Crippen molar-refractivity contribution in [3.8, 4) is 0 Å². The molecule has 1 aromatic heterocycles. The molecule has 0 amide bonds.